The SMILES string of the molecule is Cc1c(C)c(F)c(C(C#N)=C2C(=C(C#N)c3c(F)c(P)c(C)c(F)c3P)C2=C(C#N)c2c(P)c(F)c(C)c(F)c2P)c(P)c1F. The van der Waals surface area contributed by atoms with Crippen molar-refractivity contribution in [1.82, 2.24) is 0 Å². The minimum absolute atomic E-state index is 0.0231. The molecule has 1 aliphatic carbocycles. The number of allylic oxidation sites excluding steroid dienone is 6. The van der Waals surface area contributed by atoms with Crippen LogP contribution in [0.1, 0.15) is 38.9 Å². The van der Waals surface area contributed by atoms with E-state index in [0.29, 0.717) is 0 Å². The second kappa shape index (κ2) is 12.7. The quantitative estimate of drug-likeness (QED) is 0.206. The fourth-order valence-corrected chi connectivity index (χ4v) is 7.51. The maximum absolute atomic E-state index is 15.8. The standard InChI is InChI=1S/C31H22F6N3P5/c1-8-9(2)22(33)28(42)18(21(8)32)12(5-38)15-16(13(6-39)19-26(37)27(41)11(4)25(36)29(19)43)17(15)14(7-40)20-30(44)23(34)10(3)24(35)31(20)45/h41-45H2,1-4H3. The summed E-state index contributed by atoms with van der Waals surface area (Å²) < 4.78 is 92.3. The minimum atomic E-state index is -1.00. The Morgan fingerprint density at radius 2 is 0.689 bits per heavy atom. The first-order valence-corrected chi connectivity index (χ1v) is 15.6. The van der Waals surface area contributed by atoms with E-state index in [2.05, 4.69) is 27.7 Å². The molecule has 0 amide bonds. The van der Waals surface area contributed by atoms with E-state index in [-0.39, 0.29) is 71.1 Å². The highest BCUT2D eigenvalue weighted by atomic mass is 31.0. The van der Waals surface area contributed by atoms with Crippen LogP contribution in [0.3, 0.4) is 0 Å². The summed E-state index contributed by atoms with van der Waals surface area (Å²) in [5.74, 6) is -5.66. The van der Waals surface area contributed by atoms with E-state index in [0.717, 1.165) is 0 Å². The Labute approximate surface area is 267 Å². The third kappa shape index (κ3) is 5.27. The highest BCUT2D eigenvalue weighted by molar-refractivity contribution is 7.30. The predicted molar refractivity (Wildman–Crippen MR) is 182 cm³/mol. The Kier molecular flexibility index (Phi) is 9.86. The summed E-state index contributed by atoms with van der Waals surface area (Å²) in [6.45, 7) is 5.16. The molecule has 0 aromatic heterocycles. The van der Waals surface area contributed by atoms with Crippen LogP contribution in [0.15, 0.2) is 16.7 Å². The maximum Gasteiger partial charge on any atom is 0.139 e. The molecule has 0 radical (unpaired) electrons. The van der Waals surface area contributed by atoms with Crippen LogP contribution in [-0.2, 0) is 0 Å². The van der Waals surface area contributed by atoms with Crippen molar-refractivity contribution < 1.29 is 26.3 Å². The number of hydrogen-bond donors (Lipinski definition) is 0. The van der Waals surface area contributed by atoms with Gasteiger partial charge in [-0.15, -0.1) is 46.2 Å². The van der Waals surface area contributed by atoms with Gasteiger partial charge in [-0.2, -0.15) is 15.8 Å². The molecule has 3 aromatic rings. The van der Waals surface area contributed by atoms with Crippen molar-refractivity contribution in [2.75, 3.05) is 0 Å². The first-order chi connectivity index (χ1) is 21.0. The fraction of sp³-hybridized carbons (Fsp3) is 0.129. The molecule has 4 rings (SSSR count). The monoisotopic (exact) mass is 705 g/mol. The molecule has 228 valence electrons. The van der Waals surface area contributed by atoms with Crippen LogP contribution in [0.25, 0.3) is 16.7 Å². The van der Waals surface area contributed by atoms with Crippen molar-refractivity contribution >= 4 is 89.4 Å². The van der Waals surface area contributed by atoms with Gasteiger partial charge in [0.1, 0.15) is 53.1 Å². The molecule has 5 atom stereocenters. The summed E-state index contributed by atoms with van der Waals surface area (Å²) in [4.78, 5) is 0. The zero-order valence-electron chi connectivity index (χ0n) is 24.0. The molecule has 0 bridgehead atoms. The number of benzene rings is 3. The second-order valence-electron chi connectivity index (χ2n) is 10.2. The molecule has 1 aliphatic rings. The van der Waals surface area contributed by atoms with Gasteiger partial charge in [-0.1, -0.05) is 0 Å². The van der Waals surface area contributed by atoms with Crippen molar-refractivity contribution in [3.05, 3.63) is 90.6 Å². The van der Waals surface area contributed by atoms with Crippen LogP contribution in [0, 0.1) is 96.6 Å². The van der Waals surface area contributed by atoms with Gasteiger partial charge in [0, 0.05) is 65.5 Å². The molecule has 0 aliphatic heterocycles. The van der Waals surface area contributed by atoms with E-state index in [9.17, 15) is 15.8 Å². The van der Waals surface area contributed by atoms with Gasteiger partial charge >= 0.3 is 0 Å². The highest BCUT2D eigenvalue weighted by Crippen LogP contribution is 2.56. The number of hydrogen-bond acceptors (Lipinski definition) is 3. The van der Waals surface area contributed by atoms with Crippen molar-refractivity contribution in [3.63, 3.8) is 0 Å². The molecule has 0 heterocycles. The minimum Gasteiger partial charge on any atom is -0.206 e. The smallest absolute Gasteiger partial charge is 0.139 e. The van der Waals surface area contributed by atoms with Gasteiger partial charge in [-0.3, -0.25) is 0 Å². The Morgan fingerprint density at radius 1 is 0.400 bits per heavy atom. The first kappa shape index (κ1) is 34.9. The van der Waals surface area contributed by atoms with E-state index in [4.69, 9.17) is 0 Å². The van der Waals surface area contributed by atoms with E-state index < -0.39 is 62.7 Å². The summed E-state index contributed by atoms with van der Waals surface area (Å²) in [5.41, 5.74) is -4.11. The van der Waals surface area contributed by atoms with E-state index in [1.54, 1.807) is 0 Å². The van der Waals surface area contributed by atoms with E-state index in [1.807, 2.05) is 36.7 Å². The zero-order chi connectivity index (χ0) is 34.0. The molecule has 0 saturated heterocycles. The number of rotatable bonds is 3. The largest absolute Gasteiger partial charge is 0.206 e. The van der Waals surface area contributed by atoms with Gasteiger partial charge in [-0.25, -0.2) is 26.3 Å². The second-order valence-corrected chi connectivity index (χ2v) is 13.0. The maximum atomic E-state index is 15.8. The van der Waals surface area contributed by atoms with Crippen molar-refractivity contribution in [1.29, 1.82) is 15.8 Å². The Morgan fingerprint density at radius 3 is 1.09 bits per heavy atom. The van der Waals surface area contributed by atoms with Crippen LogP contribution in [-0.4, -0.2) is 0 Å². The topological polar surface area (TPSA) is 71.4 Å². The summed E-state index contributed by atoms with van der Waals surface area (Å²) in [5, 5.41) is 29.8. The molecule has 0 N–H and O–H groups in total. The van der Waals surface area contributed by atoms with Gasteiger partial charge in [-0.05, 0) is 44.4 Å². The predicted octanol–water partition coefficient (Wildman–Crippen LogP) is 5.50. The summed E-state index contributed by atoms with van der Waals surface area (Å²) in [6, 6.07) is 5.49. The molecule has 1 fully saturated rings. The highest BCUT2D eigenvalue weighted by Gasteiger charge is 2.44. The number of nitriles is 3. The van der Waals surface area contributed by atoms with Crippen LogP contribution >= 0.6 is 46.2 Å². The van der Waals surface area contributed by atoms with Crippen LogP contribution in [0.5, 0.6) is 0 Å². The lowest BCUT2D eigenvalue weighted by Gasteiger charge is -2.13. The summed E-state index contributed by atoms with van der Waals surface area (Å²) >= 11 is 0. The molecule has 5 unspecified atom stereocenters. The van der Waals surface area contributed by atoms with Crippen molar-refractivity contribution in [2.24, 2.45) is 0 Å². The number of nitrogens with zero attached hydrogens (tertiary/aromatic N) is 3. The van der Waals surface area contributed by atoms with E-state index >= 15 is 26.3 Å². The zero-order valence-corrected chi connectivity index (χ0v) is 29.8. The molecule has 0 spiro atoms. The molecule has 3 aromatic carbocycles. The number of halogens is 6. The Balaban J connectivity index is 2.36. The fourth-order valence-electron chi connectivity index (χ4n) is 5.07. The molecule has 1 saturated carbocycles. The van der Waals surface area contributed by atoms with Gasteiger partial charge in [0.25, 0.3) is 0 Å². The van der Waals surface area contributed by atoms with Crippen molar-refractivity contribution in [2.45, 2.75) is 27.7 Å². The first-order valence-electron chi connectivity index (χ1n) is 12.7. The lowest BCUT2D eigenvalue weighted by molar-refractivity contribution is 0.578. The average Bonchev–Trinajstić information content (AvgIpc) is 3.74. The molecular formula is C31H22F6N3P5. The Bertz CT molecular complexity index is 1810. The third-order valence-electron chi connectivity index (χ3n) is 7.83. The normalized spacial score (nSPS) is 15.7. The lowest BCUT2D eigenvalue weighted by Crippen LogP contribution is -2.21. The van der Waals surface area contributed by atoms with Gasteiger partial charge < -0.3 is 0 Å². The molecular weight excluding hydrogens is 683 g/mol. The van der Waals surface area contributed by atoms with E-state index in [1.165, 1.54) is 27.7 Å². The molecule has 14 heteroatoms. The lowest BCUT2D eigenvalue weighted by atomic mass is 9.97. The summed E-state index contributed by atoms with van der Waals surface area (Å²) in [7, 11) is 10.3. The molecule has 3 nitrogen and oxygen atoms in total. The van der Waals surface area contributed by atoms with Crippen LogP contribution in [0.4, 0.5) is 26.3 Å². The summed E-state index contributed by atoms with van der Waals surface area (Å²) in [6.07, 6.45) is 0. The average molecular weight is 705 g/mol. The van der Waals surface area contributed by atoms with Gasteiger partial charge in [0.2, 0.25) is 0 Å². The van der Waals surface area contributed by atoms with Crippen LogP contribution < -0.4 is 26.5 Å². The van der Waals surface area contributed by atoms with Crippen molar-refractivity contribution in [3.8, 4) is 18.2 Å². The van der Waals surface area contributed by atoms with Gasteiger partial charge in [0.15, 0.2) is 0 Å². The third-order valence-corrected chi connectivity index (χ3v) is 10.7. The Hall–Kier alpha value is -2.92. The molecule has 45 heavy (non-hydrogen) atoms. The van der Waals surface area contributed by atoms with Crippen LogP contribution in [0.2, 0.25) is 0 Å². The van der Waals surface area contributed by atoms with Gasteiger partial charge in [0.05, 0.1) is 16.7 Å².